The first-order valence-corrected chi connectivity index (χ1v) is 9.02. The fourth-order valence-electron chi connectivity index (χ4n) is 4.08. The molecule has 2 aliphatic rings. The van der Waals surface area contributed by atoms with Crippen molar-refractivity contribution >= 4 is 17.8 Å². The van der Waals surface area contributed by atoms with Gasteiger partial charge in [-0.05, 0) is 62.3 Å². The minimum Gasteiger partial charge on any atom is -0.481 e. The van der Waals surface area contributed by atoms with Crippen LogP contribution in [-0.2, 0) is 14.4 Å². The molecule has 0 heterocycles. The second kappa shape index (κ2) is 7.42. The predicted molar refractivity (Wildman–Crippen MR) is 97.6 cm³/mol. The number of hydrogen-bond acceptors (Lipinski definition) is 4. The molecule has 0 aromatic heterocycles. The van der Waals surface area contributed by atoms with E-state index < -0.39 is 35.7 Å². The summed E-state index contributed by atoms with van der Waals surface area (Å²) in [5.74, 6) is -3.04. The Morgan fingerprint density at radius 3 is 2.22 bits per heavy atom. The van der Waals surface area contributed by atoms with Crippen LogP contribution in [0.5, 0.6) is 5.75 Å². The van der Waals surface area contributed by atoms with Gasteiger partial charge in [-0.15, -0.1) is 0 Å². The van der Waals surface area contributed by atoms with Gasteiger partial charge in [0.15, 0.2) is 6.10 Å². The molecule has 0 radical (unpaired) electrons. The maximum Gasteiger partial charge on any atom is 0.307 e. The third-order valence-corrected chi connectivity index (χ3v) is 5.23. The summed E-state index contributed by atoms with van der Waals surface area (Å²) in [5, 5.41) is 9.41. The highest BCUT2D eigenvalue weighted by Gasteiger charge is 2.51. The van der Waals surface area contributed by atoms with E-state index in [1.165, 1.54) is 0 Å². The molecule has 7 nitrogen and oxygen atoms in total. The fourth-order valence-corrected chi connectivity index (χ4v) is 4.08. The van der Waals surface area contributed by atoms with Crippen LogP contribution in [0.25, 0.3) is 0 Å². The number of rotatable bonds is 5. The number of amides is 2. The van der Waals surface area contributed by atoms with E-state index in [2.05, 4.69) is 10.9 Å². The Morgan fingerprint density at radius 2 is 1.63 bits per heavy atom. The Labute approximate surface area is 157 Å². The molecule has 2 amide bonds. The summed E-state index contributed by atoms with van der Waals surface area (Å²) >= 11 is 0. The van der Waals surface area contributed by atoms with Gasteiger partial charge in [-0.1, -0.05) is 18.2 Å². The molecule has 1 fully saturated rings. The maximum absolute atomic E-state index is 12.5. The average Bonchev–Trinajstić information content (AvgIpc) is 3.19. The zero-order chi connectivity index (χ0) is 19.7. The number of aliphatic carboxylic acids is 1. The molecule has 0 aliphatic heterocycles. The monoisotopic (exact) mass is 372 g/mol. The molecule has 1 aromatic rings. The van der Waals surface area contributed by atoms with Crippen molar-refractivity contribution in [3.8, 4) is 5.75 Å². The van der Waals surface area contributed by atoms with Gasteiger partial charge < -0.3 is 9.84 Å². The Hall–Kier alpha value is -2.83. The number of hydrogen-bond donors (Lipinski definition) is 3. The summed E-state index contributed by atoms with van der Waals surface area (Å²) in [6.45, 7) is 5.46. The van der Waals surface area contributed by atoms with E-state index in [0.717, 1.165) is 11.1 Å². The highest BCUT2D eigenvalue weighted by molar-refractivity contribution is 5.89. The number of carbonyl (C=O) groups excluding carboxylic acids is 2. The number of carboxylic acids is 1. The summed E-state index contributed by atoms with van der Waals surface area (Å²) in [4.78, 5) is 36.2. The van der Waals surface area contributed by atoms with Gasteiger partial charge in [-0.3, -0.25) is 25.2 Å². The first kappa shape index (κ1) is 18.9. The number of aryl methyl sites for hydroxylation is 2. The lowest BCUT2D eigenvalue weighted by Gasteiger charge is -2.24. The lowest BCUT2D eigenvalue weighted by Crippen LogP contribution is -2.51. The van der Waals surface area contributed by atoms with Gasteiger partial charge >= 0.3 is 5.97 Å². The van der Waals surface area contributed by atoms with Crippen molar-refractivity contribution < 1.29 is 24.2 Å². The molecule has 2 aliphatic carbocycles. The summed E-state index contributed by atoms with van der Waals surface area (Å²) < 4.78 is 5.64. The number of nitrogens with one attached hydrogen (secondary N) is 2. The Balaban J connectivity index is 1.56. The molecular weight excluding hydrogens is 348 g/mol. The first-order chi connectivity index (χ1) is 12.8. The van der Waals surface area contributed by atoms with Crippen LogP contribution in [-0.4, -0.2) is 29.0 Å². The predicted octanol–water partition coefficient (Wildman–Crippen LogP) is 1.74. The van der Waals surface area contributed by atoms with Crippen LogP contribution in [0.2, 0.25) is 0 Å². The van der Waals surface area contributed by atoms with Gasteiger partial charge in [0.1, 0.15) is 5.75 Å². The molecule has 7 heteroatoms. The first-order valence-electron chi connectivity index (χ1n) is 9.02. The molecule has 144 valence electrons. The molecule has 2 bridgehead atoms. The third kappa shape index (κ3) is 3.97. The van der Waals surface area contributed by atoms with E-state index in [1.807, 2.05) is 44.2 Å². The molecule has 5 atom stereocenters. The third-order valence-electron chi connectivity index (χ3n) is 5.23. The van der Waals surface area contributed by atoms with Crippen LogP contribution in [0.1, 0.15) is 24.5 Å². The average molecular weight is 372 g/mol. The quantitative estimate of drug-likeness (QED) is 0.539. The zero-order valence-corrected chi connectivity index (χ0v) is 15.6. The smallest absolute Gasteiger partial charge is 0.307 e. The van der Waals surface area contributed by atoms with Crippen LogP contribution in [0.3, 0.4) is 0 Å². The van der Waals surface area contributed by atoms with Gasteiger partial charge in [-0.2, -0.15) is 0 Å². The summed E-state index contributed by atoms with van der Waals surface area (Å²) in [7, 11) is 0. The van der Waals surface area contributed by atoms with E-state index in [9.17, 15) is 19.5 Å². The summed E-state index contributed by atoms with van der Waals surface area (Å²) in [6, 6.07) is 5.66. The Morgan fingerprint density at radius 1 is 1.04 bits per heavy atom. The molecule has 3 rings (SSSR count). The zero-order valence-electron chi connectivity index (χ0n) is 15.6. The molecule has 27 heavy (non-hydrogen) atoms. The maximum atomic E-state index is 12.5. The molecule has 1 aromatic carbocycles. The molecule has 0 unspecified atom stereocenters. The topological polar surface area (TPSA) is 105 Å². The van der Waals surface area contributed by atoms with Crippen molar-refractivity contribution in [2.24, 2.45) is 23.7 Å². The van der Waals surface area contributed by atoms with Crippen molar-refractivity contribution in [1.29, 1.82) is 0 Å². The Kier molecular flexibility index (Phi) is 5.21. The minimum atomic E-state index is -0.982. The van der Waals surface area contributed by atoms with Crippen LogP contribution in [0, 0.1) is 37.5 Å². The van der Waals surface area contributed by atoms with Crippen molar-refractivity contribution in [2.75, 3.05) is 0 Å². The number of fused-ring (bicyclic) bond motifs is 2. The fraction of sp³-hybridized carbons (Fsp3) is 0.450. The number of allylic oxidation sites excluding steroid dienone is 2. The van der Waals surface area contributed by atoms with E-state index in [1.54, 1.807) is 6.92 Å². The second-order valence-electron chi connectivity index (χ2n) is 7.40. The second-order valence-corrected chi connectivity index (χ2v) is 7.40. The van der Waals surface area contributed by atoms with Crippen LogP contribution < -0.4 is 15.6 Å². The van der Waals surface area contributed by atoms with E-state index in [0.29, 0.717) is 12.2 Å². The van der Waals surface area contributed by atoms with Crippen molar-refractivity contribution in [3.63, 3.8) is 0 Å². The Bertz CT molecular complexity index is 783. The van der Waals surface area contributed by atoms with Crippen LogP contribution >= 0.6 is 0 Å². The van der Waals surface area contributed by atoms with Crippen LogP contribution in [0.15, 0.2) is 30.4 Å². The number of hydrazine groups is 1. The molecule has 1 saturated carbocycles. The van der Waals surface area contributed by atoms with Gasteiger partial charge in [0.05, 0.1) is 11.8 Å². The normalized spacial score (nSPS) is 26.5. The highest BCUT2D eigenvalue weighted by Crippen LogP contribution is 2.48. The van der Waals surface area contributed by atoms with Gasteiger partial charge in [-0.25, -0.2) is 0 Å². The lowest BCUT2D eigenvalue weighted by atomic mass is 9.82. The lowest BCUT2D eigenvalue weighted by molar-refractivity contribution is -0.148. The van der Waals surface area contributed by atoms with Crippen molar-refractivity contribution in [3.05, 3.63) is 41.5 Å². The summed E-state index contributed by atoms with van der Waals surface area (Å²) in [6.07, 6.45) is 3.60. The van der Waals surface area contributed by atoms with Crippen molar-refractivity contribution in [2.45, 2.75) is 33.3 Å². The number of carbonyl (C=O) groups is 3. The number of carboxylic acid groups (broad SMARTS) is 1. The molecule has 0 saturated heterocycles. The van der Waals surface area contributed by atoms with E-state index in [4.69, 9.17) is 4.74 Å². The number of ether oxygens (including phenoxy) is 1. The van der Waals surface area contributed by atoms with Gasteiger partial charge in [0.25, 0.3) is 5.91 Å². The van der Waals surface area contributed by atoms with Gasteiger partial charge in [0, 0.05) is 0 Å². The van der Waals surface area contributed by atoms with Gasteiger partial charge in [0.2, 0.25) is 5.91 Å². The van der Waals surface area contributed by atoms with Crippen molar-refractivity contribution in [1.82, 2.24) is 10.9 Å². The minimum absolute atomic E-state index is 0.100. The SMILES string of the molecule is Cc1cc(C)cc(O[C@H](C)C(=O)NNC(=O)[C@H]2[C@@H](C(=O)O)[C@H]3C=C[C@@H]2C3)c1. The molecular formula is C20H24N2O5. The largest absolute Gasteiger partial charge is 0.481 e. The number of benzene rings is 1. The highest BCUT2D eigenvalue weighted by atomic mass is 16.5. The van der Waals surface area contributed by atoms with E-state index >= 15 is 0 Å². The standard InChI is InChI=1S/C20H24N2O5/c1-10-6-11(2)8-15(7-10)27-12(3)18(23)21-22-19(24)16-13-4-5-14(9-13)17(16)20(25)26/h4-8,12-14,16-17H,9H2,1-3H3,(H,21,23)(H,22,24)(H,25,26)/t12-,13-,14+,16-,17+/m1/s1. The van der Waals surface area contributed by atoms with E-state index in [-0.39, 0.29) is 11.8 Å². The molecule has 0 spiro atoms. The molecule has 3 N–H and O–H groups in total. The van der Waals surface area contributed by atoms with Crippen LogP contribution in [0.4, 0.5) is 0 Å². The summed E-state index contributed by atoms with van der Waals surface area (Å²) in [5.41, 5.74) is 6.76.